The van der Waals surface area contributed by atoms with E-state index >= 15 is 0 Å². The molecule has 0 saturated carbocycles. The van der Waals surface area contributed by atoms with Crippen molar-refractivity contribution >= 4 is 33.1 Å². The lowest BCUT2D eigenvalue weighted by molar-refractivity contribution is -0.385. The van der Waals surface area contributed by atoms with Gasteiger partial charge in [-0.2, -0.15) is 21.6 Å². The van der Waals surface area contributed by atoms with Gasteiger partial charge in [-0.3, -0.25) is 14.9 Å². The summed E-state index contributed by atoms with van der Waals surface area (Å²) in [6.07, 6.45) is -6.26. The lowest BCUT2D eigenvalue weighted by atomic mass is 9.91. The number of nitrogens with zero attached hydrogens (tertiary/aromatic N) is 2. The van der Waals surface area contributed by atoms with E-state index in [1.165, 1.54) is 55.5 Å². The lowest BCUT2D eigenvalue weighted by Crippen LogP contribution is -2.52. The van der Waals surface area contributed by atoms with Gasteiger partial charge in [-0.25, -0.2) is 0 Å². The van der Waals surface area contributed by atoms with E-state index in [4.69, 9.17) is 18.4 Å². The fourth-order valence-corrected chi connectivity index (χ4v) is 5.81. The van der Waals surface area contributed by atoms with E-state index in [1.54, 1.807) is 33.0 Å². The van der Waals surface area contributed by atoms with Crippen LogP contribution in [0.3, 0.4) is 0 Å². The summed E-state index contributed by atoms with van der Waals surface area (Å²) in [4.78, 5) is 25.6. The summed E-state index contributed by atoms with van der Waals surface area (Å²) in [5.41, 5.74) is 1.17. The second kappa shape index (κ2) is 12.3. The van der Waals surface area contributed by atoms with Crippen molar-refractivity contribution in [1.82, 2.24) is 0 Å². The van der Waals surface area contributed by atoms with Gasteiger partial charge in [0.05, 0.1) is 48.8 Å². The highest BCUT2D eigenvalue weighted by molar-refractivity contribution is 7.87. The van der Waals surface area contributed by atoms with Gasteiger partial charge in [0, 0.05) is 30.3 Å². The first-order valence-electron chi connectivity index (χ1n) is 13.3. The highest BCUT2D eigenvalue weighted by Gasteiger charge is 2.39. The molecule has 1 aliphatic rings. The Hall–Kier alpha value is -4.73. The highest BCUT2D eigenvalue weighted by Crippen LogP contribution is 2.45. The monoisotopic (exact) mass is 653 g/mol. The second-order valence-electron chi connectivity index (χ2n) is 10.6. The first kappa shape index (κ1) is 33.2. The molecule has 1 N–H and O–H groups in total. The van der Waals surface area contributed by atoms with Crippen LogP contribution in [0.5, 0.6) is 23.0 Å². The number of methoxy groups -OCH3 is 2. The van der Waals surface area contributed by atoms with Crippen LogP contribution in [0, 0.1) is 10.1 Å². The number of anilines is 2. The molecule has 0 bridgehead atoms. The molecule has 0 atom stereocenters. The summed E-state index contributed by atoms with van der Waals surface area (Å²) < 4.78 is 83.9. The molecule has 0 fully saturated rings. The first-order chi connectivity index (χ1) is 21.0. The zero-order valence-electron chi connectivity index (χ0n) is 24.9. The number of alkyl halides is 3. The molecule has 12 nitrogen and oxygen atoms in total. The van der Waals surface area contributed by atoms with Crippen LogP contribution in [0.15, 0.2) is 48.5 Å². The minimum Gasteiger partial charge on any atom is -0.496 e. The molecule has 16 heteroatoms. The number of likely N-dealkylation sites (N-methyl/N-ethyl adjacent to an activating group) is 1. The van der Waals surface area contributed by atoms with Crippen molar-refractivity contribution < 1.29 is 49.7 Å². The number of carbonyl (C=O) groups excluding carboxylic acids is 1. The molecule has 0 saturated heterocycles. The van der Waals surface area contributed by atoms with E-state index < -0.39 is 38.9 Å². The number of nitro groups is 1. The smallest absolute Gasteiger partial charge is 0.390 e. The SMILES string of the molecule is COc1ccc([N+](=O)[O-])cc1OCc1c(-c2ccc(OS(=O)(=O)CCC(F)(F)F)cc2OC)ccc2c1N(C)C(=O)C(C)(C)N2. The maximum Gasteiger partial charge on any atom is 0.390 e. The van der Waals surface area contributed by atoms with E-state index in [0.717, 1.165) is 0 Å². The average Bonchev–Trinajstić information content (AvgIpc) is 2.97. The molecule has 3 aromatic carbocycles. The maximum absolute atomic E-state index is 13.3. The van der Waals surface area contributed by atoms with Gasteiger partial charge in [-0.15, -0.1) is 0 Å². The van der Waals surface area contributed by atoms with Gasteiger partial charge in [0.15, 0.2) is 11.5 Å². The Labute approximate surface area is 256 Å². The number of carbonyl (C=O) groups is 1. The largest absolute Gasteiger partial charge is 0.496 e. The van der Waals surface area contributed by atoms with Gasteiger partial charge in [-0.1, -0.05) is 6.07 Å². The molecular formula is C29H30F3N3O9S. The number of rotatable bonds is 11. The van der Waals surface area contributed by atoms with Crippen LogP contribution < -0.4 is 28.6 Å². The Morgan fingerprint density at radius 1 is 0.978 bits per heavy atom. The van der Waals surface area contributed by atoms with Crippen molar-refractivity contribution in [3.8, 4) is 34.1 Å². The highest BCUT2D eigenvalue weighted by atomic mass is 32.2. The topological polar surface area (TPSA) is 147 Å². The number of nitro benzene ring substituents is 1. The van der Waals surface area contributed by atoms with E-state index in [9.17, 15) is 36.5 Å². The minimum atomic E-state index is -4.68. The Balaban J connectivity index is 1.81. The third kappa shape index (κ3) is 7.33. The summed E-state index contributed by atoms with van der Waals surface area (Å²) >= 11 is 0. The molecule has 0 spiro atoms. The molecule has 1 amide bonds. The van der Waals surface area contributed by atoms with Crippen LogP contribution in [-0.4, -0.2) is 58.0 Å². The zero-order valence-corrected chi connectivity index (χ0v) is 25.7. The van der Waals surface area contributed by atoms with E-state index in [2.05, 4.69) is 5.32 Å². The van der Waals surface area contributed by atoms with Crippen LogP contribution in [0.4, 0.5) is 30.2 Å². The third-order valence-corrected chi connectivity index (χ3v) is 8.11. The minimum absolute atomic E-state index is 0.0631. The van der Waals surface area contributed by atoms with Crippen LogP contribution in [0.25, 0.3) is 11.1 Å². The standard InChI is InChI=1S/C29H30F3N3O9S/c1-28(2)27(36)34(3)26-21(16-43-25-14-17(35(37)38)6-11-23(25)41-4)19(9-10-22(26)33-28)20-8-7-18(15-24(20)42-5)44-45(39,40)13-12-29(30,31)32/h6-11,14-15,33H,12-13,16H2,1-5H3. The molecule has 0 aromatic heterocycles. The number of amides is 1. The number of ether oxygens (including phenoxy) is 3. The van der Waals surface area contributed by atoms with Gasteiger partial charge >= 0.3 is 16.3 Å². The normalized spacial score (nSPS) is 14.3. The Bertz CT molecular complexity index is 1740. The van der Waals surface area contributed by atoms with Crippen molar-refractivity contribution in [2.75, 3.05) is 37.2 Å². The average molecular weight is 654 g/mol. The molecule has 0 aliphatic carbocycles. The van der Waals surface area contributed by atoms with Crippen LogP contribution >= 0.6 is 0 Å². The molecule has 45 heavy (non-hydrogen) atoms. The van der Waals surface area contributed by atoms with E-state index in [-0.39, 0.29) is 41.2 Å². The van der Waals surface area contributed by atoms with Crippen molar-refractivity contribution in [2.24, 2.45) is 0 Å². The van der Waals surface area contributed by atoms with Gasteiger partial charge in [0.1, 0.15) is 23.6 Å². The zero-order chi connectivity index (χ0) is 33.3. The summed E-state index contributed by atoms with van der Waals surface area (Å²) in [6.45, 7) is 3.22. The predicted octanol–water partition coefficient (Wildman–Crippen LogP) is 5.69. The molecule has 0 unspecified atom stereocenters. The number of non-ortho nitro benzene ring substituents is 1. The van der Waals surface area contributed by atoms with E-state index in [0.29, 0.717) is 28.1 Å². The number of nitrogens with one attached hydrogen (secondary N) is 1. The molecule has 242 valence electrons. The molecular weight excluding hydrogens is 623 g/mol. The Morgan fingerprint density at radius 3 is 2.27 bits per heavy atom. The fraction of sp³-hybridized carbons (Fsp3) is 0.345. The molecule has 1 heterocycles. The fourth-order valence-electron chi connectivity index (χ4n) is 4.85. The van der Waals surface area contributed by atoms with Gasteiger partial charge in [0.25, 0.3) is 11.6 Å². The number of hydrogen-bond acceptors (Lipinski definition) is 10. The predicted molar refractivity (Wildman–Crippen MR) is 159 cm³/mol. The summed E-state index contributed by atoms with van der Waals surface area (Å²) in [5.74, 6) is -1.41. The Kier molecular flexibility index (Phi) is 9.10. The van der Waals surface area contributed by atoms with Gasteiger partial charge in [0.2, 0.25) is 0 Å². The molecule has 3 aromatic rings. The quantitative estimate of drug-likeness (QED) is 0.156. The number of hydrogen-bond donors (Lipinski definition) is 1. The van der Waals surface area contributed by atoms with Crippen LogP contribution in [-0.2, 0) is 21.5 Å². The van der Waals surface area contributed by atoms with Gasteiger partial charge < -0.3 is 28.6 Å². The summed E-state index contributed by atoms with van der Waals surface area (Å²) in [6, 6.07) is 11.2. The van der Waals surface area contributed by atoms with Crippen molar-refractivity contribution in [2.45, 2.75) is 38.6 Å². The Morgan fingerprint density at radius 2 is 1.64 bits per heavy atom. The summed E-state index contributed by atoms with van der Waals surface area (Å²) in [5, 5.41) is 14.6. The van der Waals surface area contributed by atoms with Gasteiger partial charge in [-0.05, 0) is 43.7 Å². The van der Waals surface area contributed by atoms with Crippen molar-refractivity contribution in [3.63, 3.8) is 0 Å². The van der Waals surface area contributed by atoms with Crippen LogP contribution in [0.1, 0.15) is 25.8 Å². The first-order valence-corrected chi connectivity index (χ1v) is 14.9. The molecule has 0 radical (unpaired) electrons. The van der Waals surface area contributed by atoms with Crippen molar-refractivity contribution in [3.05, 3.63) is 64.2 Å². The second-order valence-corrected chi connectivity index (χ2v) is 12.2. The lowest BCUT2D eigenvalue weighted by Gasteiger charge is -2.39. The maximum atomic E-state index is 13.3. The van der Waals surface area contributed by atoms with Crippen LogP contribution in [0.2, 0.25) is 0 Å². The molecule has 1 aliphatic heterocycles. The number of halogens is 3. The third-order valence-electron chi connectivity index (χ3n) is 6.96. The molecule has 4 rings (SSSR count). The van der Waals surface area contributed by atoms with E-state index in [1.807, 2.05) is 0 Å². The van der Waals surface area contributed by atoms with Crippen molar-refractivity contribution in [1.29, 1.82) is 0 Å². The number of fused-ring (bicyclic) bond motifs is 1. The number of benzene rings is 3. The summed E-state index contributed by atoms with van der Waals surface area (Å²) in [7, 11) is -0.306.